The van der Waals surface area contributed by atoms with E-state index in [2.05, 4.69) is 35.2 Å². The second kappa shape index (κ2) is 3.76. The Labute approximate surface area is 84.7 Å². The van der Waals surface area contributed by atoms with Crippen LogP contribution in [0.15, 0.2) is 18.2 Å². The van der Waals surface area contributed by atoms with E-state index in [0.717, 1.165) is 0 Å². The second-order valence-electron chi connectivity index (χ2n) is 2.31. The molecule has 0 N–H and O–H groups in total. The van der Waals surface area contributed by atoms with Crippen molar-refractivity contribution in [3.05, 3.63) is 35.1 Å². The summed E-state index contributed by atoms with van der Waals surface area (Å²) in [7, 11) is 0. The zero-order valence-corrected chi connectivity index (χ0v) is 9.06. The highest BCUT2D eigenvalue weighted by atomic mass is 127. The van der Waals surface area contributed by atoms with Crippen molar-refractivity contribution in [2.45, 2.75) is 10.2 Å². The molecule has 0 nitrogen and oxygen atoms in total. The summed E-state index contributed by atoms with van der Waals surface area (Å²) >= 11 is 6.23. The van der Waals surface area contributed by atoms with Gasteiger partial charge in [0.2, 0.25) is 0 Å². The van der Waals surface area contributed by atoms with Crippen molar-refractivity contribution in [3.8, 4) is 0 Å². The average Bonchev–Trinajstić information content (AvgIpc) is 1.94. The van der Waals surface area contributed by atoms with Gasteiger partial charge in [0.15, 0.2) is 0 Å². The lowest BCUT2D eigenvalue weighted by molar-refractivity contribution is 0.608. The third kappa shape index (κ3) is 2.08. The van der Waals surface area contributed by atoms with E-state index in [1.165, 1.54) is 0 Å². The van der Waals surface area contributed by atoms with Gasteiger partial charge in [0.1, 0.15) is 5.82 Å². The van der Waals surface area contributed by atoms with E-state index in [1.54, 1.807) is 19.1 Å². The van der Waals surface area contributed by atoms with Crippen molar-refractivity contribution >= 4 is 35.2 Å². The third-order valence-corrected chi connectivity index (χ3v) is 2.43. The highest BCUT2D eigenvalue weighted by Crippen LogP contribution is 2.29. The molecule has 1 atom stereocenters. The molecule has 0 aliphatic carbocycles. The summed E-state index contributed by atoms with van der Waals surface area (Å²) in [5.74, 6) is -0.137. The fourth-order valence-corrected chi connectivity index (χ4v) is 1.53. The monoisotopic (exact) mass is 282 g/mol. The lowest BCUT2D eigenvalue weighted by atomic mass is 10.1. The maximum absolute atomic E-state index is 13.2. The van der Waals surface area contributed by atoms with Crippen LogP contribution in [0.3, 0.4) is 0 Å². The first kappa shape index (κ1) is 9.32. The van der Waals surface area contributed by atoms with Crippen molar-refractivity contribution in [1.29, 1.82) is 0 Å². The minimum Gasteiger partial charge on any atom is -0.206 e. The Kier molecular flexibility index (Phi) is 3.18. The molecule has 0 bridgehead atoms. The smallest absolute Gasteiger partial charge is 0.131 e. The zero-order chi connectivity index (χ0) is 8.43. The number of aryl methyl sites for hydroxylation is 1. The summed E-state index contributed by atoms with van der Waals surface area (Å²) in [5, 5.41) is 0. The molecule has 1 aromatic carbocycles. The van der Waals surface area contributed by atoms with E-state index in [-0.39, 0.29) is 9.07 Å². The topological polar surface area (TPSA) is 0 Å². The van der Waals surface area contributed by atoms with E-state index in [0.29, 0.717) is 11.1 Å². The van der Waals surface area contributed by atoms with Gasteiger partial charge in [0.25, 0.3) is 0 Å². The maximum Gasteiger partial charge on any atom is 0.131 e. The molecule has 0 saturated heterocycles. The summed E-state index contributed by atoms with van der Waals surface area (Å²) in [5.41, 5.74) is 1.34. The lowest BCUT2D eigenvalue weighted by Crippen LogP contribution is -1.90. The Balaban J connectivity index is 3.17. The first-order valence-corrected chi connectivity index (χ1v) is 4.96. The Hall–Kier alpha value is 0.230. The molecule has 3 heteroatoms. The highest BCUT2D eigenvalue weighted by molar-refractivity contribution is 14.1. The van der Waals surface area contributed by atoms with Crippen LogP contribution in [0.2, 0.25) is 0 Å². The van der Waals surface area contributed by atoms with Crippen molar-refractivity contribution < 1.29 is 4.39 Å². The normalized spacial score (nSPS) is 13.1. The number of benzene rings is 1. The van der Waals surface area contributed by atoms with E-state index < -0.39 is 0 Å². The van der Waals surface area contributed by atoms with E-state index >= 15 is 0 Å². The molecule has 0 aliphatic rings. The molecule has 0 heterocycles. The van der Waals surface area contributed by atoms with Gasteiger partial charge in [0.05, 0.1) is 3.26 Å². The molecule has 0 fully saturated rings. The van der Waals surface area contributed by atoms with Crippen molar-refractivity contribution in [2.75, 3.05) is 0 Å². The highest BCUT2D eigenvalue weighted by Gasteiger charge is 2.08. The first-order valence-electron chi connectivity index (χ1n) is 3.20. The van der Waals surface area contributed by atoms with Gasteiger partial charge in [0, 0.05) is 5.56 Å². The fraction of sp³-hybridized carbons (Fsp3) is 0.250. The summed E-state index contributed by atoms with van der Waals surface area (Å²) in [6, 6.07) is 5.35. The lowest BCUT2D eigenvalue weighted by Gasteiger charge is -2.05. The van der Waals surface area contributed by atoms with Crippen LogP contribution in [0.25, 0.3) is 0 Å². The van der Waals surface area contributed by atoms with Gasteiger partial charge < -0.3 is 0 Å². The van der Waals surface area contributed by atoms with Crippen molar-refractivity contribution in [2.24, 2.45) is 0 Å². The Morgan fingerprint density at radius 2 is 2.18 bits per heavy atom. The molecule has 0 aliphatic heterocycles. The van der Waals surface area contributed by atoms with Crippen LogP contribution in [0.4, 0.5) is 4.39 Å². The van der Waals surface area contributed by atoms with Crippen LogP contribution >= 0.6 is 35.2 Å². The van der Waals surface area contributed by atoms with Crippen LogP contribution in [0, 0.1) is 12.7 Å². The largest absolute Gasteiger partial charge is 0.206 e. The van der Waals surface area contributed by atoms with Gasteiger partial charge in [-0.1, -0.05) is 40.8 Å². The van der Waals surface area contributed by atoms with Gasteiger partial charge in [-0.25, -0.2) is 4.39 Å². The van der Waals surface area contributed by atoms with Crippen LogP contribution < -0.4 is 0 Å². The quantitative estimate of drug-likeness (QED) is 0.455. The predicted molar refractivity (Wildman–Crippen MR) is 56.9 cm³/mol. The molecule has 0 amide bonds. The summed E-state index contributed by atoms with van der Waals surface area (Å²) in [6.45, 7) is 1.76. The van der Waals surface area contributed by atoms with Crippen LogP contribution in [-0.2, 0) is 0 Å². The number of thiol groups is 1. The molecule has 11 heavy (non-hydrogen) atoms. The van der Waals surface area contributed by atoms with Gasteiger partial charge >= 0.3 is 0 Å². The number of hydrogen-bond acceptors (Lipinski definition) is 1. The summed E-state index contributed by atoms with van der Waals surface area (Å²) in [6.07, 6.45) is 0. The van der Waals surface area contributed by atoms with Crippen LogP contribution in [0.1, 0.15) is 14.4 Å². The fourth-order valence-electron chi connectivity index (χ4n) is 0.854. The Morgan fingerprint density at radius 1 is 1.55 bits per heavy atom. The SMILES string of the molecule is Cc1cccc(C(S)I)c1F. The van der Waals surface area contributed by atoms with Crippen LogP contribution in [0.5, 0.6) is 0 Å². The third-order valence-electron chi connectivity index (χ3n) is 1.48. The van der Waals surface area contributed by atoms with E-state index in [1.807, 2.05) is 6.07 Å². The number of rotatable bonds is 1. The standard InChI is InChI=1S/C8H8FIS/c1-5-3-2-4-6(7(5)9)8(10)11/h2-4,8,11H,1H3. The molecule has 0 radical (unpaired) electrons. The number of halogens is 2. The molecule has 0 saturated carbocycles. The molecule has 0 spiro atoms. The summed E-state index contributed by atoms with van der Waals surface area (Å²) in [4.78, 5) is 0. The molecule has 60 valence electrons. The van der Waals surface area contributed by atoms with Gasteiger partial charge in [-0.05, 0) is 12.5 Å². The van der Waals surface area contributed by atoms with E-state index in [9.17, 15) is 4.39 Å². The average molecular weight is 282 g/mol. The predicted octanol–water partition coefficient (Wildman–Crippen LogP) is 3.50. The van der Waals surface area contributed by atoms with Crippen molar-refractivity contribution in [3.63, 3.8) is 0 Å². The van der Waals surface area contributed by atoms with Gasteiger partial charge in [-0.2, -0.15) is 12.6 Å². The minimum absolute atomic E-state index is 0.0625. The maximum atomic E-state index is 13.2. The first-order chi connectivity index (χ1) is 5.13. The summed E-state index contributed by atoms with van der Waals surface area (Å²) < 4.78 is 13.1. The molecule has 1 unspecified atom stereocenters. The molecular formula is C8H8FIS. The Morgan fingerprint density at radius 3 is 2.64 bits per heavy atom. The number of alkyl halides is 1. The van der Waals surface area contributed by atoms with E-state index in [4.69, 9.17) is 0 Å². The number of hydrogen-bond donors (Lipinski definition) is 1. The Bertz CT molecular complexity index is 260. The molecular weight excluding hydrogens is 274 g/mol. The van der Waals surface area contributed by atoms with Gasteiger partial charge in [-0.15, -0.1) is 0 Å². The second-order valence-corrected chi connectivity index (χ2v) is 5.06. The van der Waals surface area contributed by atoms with Crippen LogP contribution in [-0.4, -0.2) is 0 Å². The molecule has 1 aromatic rings. The van der Waals surface area contributed by atoms with Gasteiger partial charge in [-0.3, -0.25) is 0 Å². The zero-order valence-electron chi connectivity index (χ0n) is 6.01. The molecule has 0 aromatic heterocycles. The minimum atomic E-state index is -0.137. The molecule has 1 rings (SSSR count). The van der Waals surface area contributed by atoms with Crippen molar-refractivity contribution in [1.82, 2.24) is 0 Å².